The summed E-state index contributed by atoms with van der Waals surface area (Å²) >= 11 is 0. The molecule has 0 unspecified atom stereocenters. The van der Waals surface area contributed by atoms with Crippen LogP contribution in [0.4, 0.5) is 5.82 Å². The highest BCUT2D eigenvalue weighted by Crippen LogP contribution is 2.18. The average molecular weight is 228 g/mol. The van der Waals surface area contributed by atoms with Gasteiger partial charge in [0.2, 0.25) is 0 Å². The van der Waals surface area contributed by atoms with E-state index in [2.05, 4.69) is 27.2 Å². The lowest BCUT2D eigenvalue weighted by Gasteiger charge is -2.07. The Morgan fingerprint density at radius 3 is 2.88 bits per heavy atom. The molecule has 1 N–H and O–H groups in total. The highest BCUT2D eigenvalue weighted by molar-refractivity contribution is 5.61. The van der Waals surface area contributed by atoms with Crippen molar-refractivity contribution in [3.05, 3.63) is 36.4 Å². The van der Waals surface area contributed by atoms with Gasteiger partial charge in [0.1, 0.15) is 11.6 Å². The molecule has 88 valence electrons. The summed E-state index contributed by atoms with van der Waals surface area (Å²) in [5, 5.41) is 3.27. The summed E-state index contributed by atoms with van der Waals surface area (Å²) < 4.78 is 0. The van der Waals surface area contributed by atoms with Crippen LogP contribution in [0.5, 0.6) is 0 Å². The van der Waals surface area contributed by atoms with E-state index in [0.717, 1.165) is 35.9 Å². The molecule has 0 saturated carbocycles. The van der Waals surface area contributed by atoms with Crippen LogP contribution in [0.25, 0.3) is 11.3 Å². The van der Waals surface area contributed by atoms with Crippen LogP contribution in [0, 0.1) is 6.92 Å². The van der Waals surface area contributed by atoms with Gasteiger partial charge in [0.05, 0.1) is 5.69 Å². The molecule has 0 aliphatic carbocycles. The van der Waals surface area contributed by atoms with Crippen molar-refractivity contribution in [2.75, 3.05) is 11.9 Å². The summed E-state index contributed by atoms with van der Waals surface area (Å²) in [5.74, 6) is 1.64. The van der Waals surface area contributed by atoms with Gasteiger partial charge in [-0.15, -0.1) is 0 Å². The van der Waals surface area contributed by atoms with Crippen molar-refractivity contribution in [3.63, 3.8) is 0 Å². The maximum absolute atomic E-state index is 4.42. The number of aryl methyl sites for hydroxylation is 1. The first-order valence-corrected chi connectivity index (χ1v) is 5.79. The summed E-state index contributed by atoms with van der Waals surface area (Å²) in [5.41, 5.74) is 1.92. The number of pyridine rings is 1. The van der Waals surface area contributed by atoms with Gasteiger partial charge in [-0.05, 0) is 25.5 Å². The summed E-state index contributed by atoms with van der Waals surface area (Å²) in [6.45, 7) is 4.95. The molecule has 0 radical (unpaired) electrons. The Labute approximate surface area is 101 Å². The van der Waals surface area contributed by atoms with E-state index in [0.29, 0.717) is 0 Å². The molecule has 0 bridgehead atoms. The van der Waals surface area contributed by atoms with Gasteiger partial charge in [0.15, 0.2) is 0 Å². The monoisotopic (exact) mass is 228 g/mol. The fourth-order valence-electron chi connectivity index (χ4n) is 1.57. The lowest BCUT2D eigenvalue weighted by molar-refractivity contribution is 0.955. The normalized spacial score (nSPS) is 10.2. The van der Waals surface area contributed by atoms with Crippen molar-refractivity contribution < 1.29 is 0 Å². The van der Waals surface area contributed by atoms with Crippen molar-refractivity contribution in [3.8, 4) is 11.3 Å². The van der Waals surface area contributed by atoms with Crippen LogP contribution in [0.1, 0.15) is 19.2 Å². The first kappa shape index (κ1) is 11.5. The van der Waals surface area contributed by atoms with E-state index in [9.17, 15) is 0 Å². The molecule has 0 spiro atoms. The predicted molar refractivity (Wildman–Crippen MR) is 68.8 cm³/mol. The molecule has 17 heavy (non-hydrogen) atoms. The van der Waals surface area contributed by atoms with E-state index in [4.69, 9.17) is 0 Å². The van der Waals surface area contributed by atoms with Gasteiger partial charge >= 0.3 is 0 Å². The average Bonchev–Trinajstić information content (AvgIpc) is 2.37. The fraction of sp³-hybridized carbons (Fsp3) is 0.308. The first-order valence-electron chi connectivity index (χ1n) is 5.79. The number of nitrogens with zero attached hydrogens (tertiary/aromatic N) is 3. The molecule has 4 nitrogen and oxygen atoms in total. The highest BCUT2D eigenvalue weighted by atomic mass is 15.0. The Kier molecular flexibility index (Phi) is 3.65. The van der Waals surface area contributed by atoms with E-state index >= 15 is 0 Å². The fourth-order valence-corrected chi connectivity index (χ4v) is 1.57. The molecule has 4 heteroatoms. The molecule has 2 aromatic rings. The second-order valence-electron chi connectivity index (χ2n) is 3.85. The zero-order chi connectivity index (χ0) is 12.1. The third kappa shape index (κ3) is 3.00. The van der Waals surface area contributed by atoms with Crippen molar-refractivity contribution >= 4 is 5.82 Å². The summed E-state index contributed by atoms with van der Waals surface area (Å²) in [6, 6.07) is 5.87. The van der Waals surface area contributed by atoms with Crippen LogP contribution in [-0.4, -0.2) is 21.5 Å². The molecular weight excluding hydrogens is 212 g/mol. The number of aromatic nitrogens is 3. The summed E-state index contributed by atoms with van der Waals surface area (Å²) in [7, 11) is 0. The van der Waals surface area contributed by atoms with E-state index in [1.165, 1.54) is 0 Å². The standard InChI is InChI=1S/C13H16N4/c1-3-6-15-13-8-12(16-10(2)17-13)11-5-4-7-14-9-11/h4-5,7-9H,3,6H2,1-2H3,(H,15,16,17). The molecule has 0 aromatic carbocycles. The lowest BCUT2D eigenvalue weighted by Crippen LogP contribution is -2.04. The van der Waals surface area contributed by atoms with Crippen LogP contribution in [0.15, 0.2) is 30.6 Å². The zero-order valence-corrected chi connectivity index (χ0v) is 10.1. The number of rotatable bonds is 4. The SMILES string of the molecule is CCCNc1cc(-c2cccnc2)nc(C)n1. The predicted octanol–water partition coefficient (Wildman–Crippen LogP) is 2.67. The van der Waals surface area contributed by atoms with Crippen molar-refractivity contribution in [1.82, 2.24) is 15.0 Å². The van der Waals surface area contributed by atoms with Crippen LogP contribution in [-0.2, 0) is 0 Å². The van der Waals surface area contributed by atoms with Gasteiger partial charge in [0, 0.05) is 30.6 Å². The number of anilines is 1. The minimum atomic E-state index is 0.768. The van der Waals surface area contributed by atoms with Crippen LogP contribution >= 0.6 is 0 Å². The second-order valence-corrected chi connectivity index (χ2v) is 3.85. The minimum Gasteiger partial charge on any atom is -0.370 e. The third-order valence-corrected chi connectivity index (χ3v) is 2.35. The second kappa shape index (κ2) is 5.39. The Morgan fingerprint density at radius 1 is 1.29 bits per heavy atom. The van der Waals surface area contributed by atoms with Crippen molar-refractivity contribution in [2.45, 2.75) is 20.3 Å². The van der Waals surface area contributed by atoms with E-state index < -0.39 is 0 Å². The number of nitrogens with one attached hydrogen (secondary N) is 1. The highest BCUT2D eigenvalue weighted by Gasteiger charge is 2.03. The molecule has 2 rings (SSSR count). The molecule has 0 amide bonds. The number of hydrogen-bond acceptors (Lipinski definition) is 4. The van der Waals surface area contributed by atoms with Gasteiger partial charge in [-0.1, -0.05) is 6.92 Å². The Balaban J connectivity index is 2.32. The summed E-state index contributed by atoms with van der Waals surface area (Å²) in [6.07, 6.45) is 4.64. The smallest absolute Gasteiger partial charge is 0.130 e. The van der Waals surface area contributed by atoms with Crippen LogP contribution in [0.3, 0.4) is 0 Å². The van der Waals surface area contributed by atoms with E-state index in [1.807, 2.05) is 31.3 Å². The molecule has 0 aliphatic rings. The van der Waals surface area contributed by atoms with Crippen molar-refractivity contribution in [1.29, 1.82) is 0 Å². The Morgan fingerprint density at radius 2 is 2.18 bits per heavy atom. The molecule has 2 heterocycles. The van der Waals surface area contributed by atoms with Gasteiger partial charge in [0.25, 0.3) is 0 Å². The topological polar surface area (TPSA) is 50.7 Å². The summed E-state index contributed by atoms with van der Waals surface area (Å²) in [4.78, 5) is 12.9. The largest absolute Gasteiger partial charge is 0.370 e. The molecule has 0 fully saturated rings. The maximum Gasteiger partial charge on any atom is 0.130 e. The van der Waals surface area contributed by atoms with Gasteiger partial charge in [-0.25, -0.2) is 9.97 Å². The Hall–Kier alpha value is -1.97. The molecular formula is C13H16N4. The number of hydrogen-bond donors (Lipinski definition) is 1. The Bertz CT molecular complexity index is 482. The third-order valence-electron chi connectivity index (χ3n) is 2.35. The minimum absolute atomic E-state index is 0.768. The lowest BCUT2D eigenvalue weighted by atomic mass is 10.2. The zero-order valence-electron chi connectivity index (χ0n) is 10.1. The van der Waals surface area contributed by atoms with Gasteiger partial charge < -0.3 is 5.32 Å². The van der Waals surface area contributed by atoms with E-state index in [1.54, 1.807) is 6.20 Å². The quantitative estimate of drug-likeness (QED) is 0.874. The molecule has 0 aliphatic heterocycles. The van der Waals surface area contributed by atoms with Crippen LogP contribution < -0.4 is 5.32 Å². The van der Waals surface area contributed by atoms with Crippen LogP contribution in [0.2, 0.25) is 0 Å². The van der Waals surface area contributed by atoms with E-state index in [-0.39, 0.29) is 0 Å². The van der Waals surface area contributed by atoms with Gasteiger partial charge in [-0.3, -0.25) is 4.98 Å². The molecule has 0 saturated heterocycles. The molecule has 2 aromatic heterocycles. The molecule has 0 atom stereocenters. The van der Waals surface area contributed by atoms with Gasteiger partial charge in [-0.2, -0.15) is 0 Å². The van der Waals surface area contributed by atoms with Crippen molar-refractivity contribution in [2.24, 2.45) is 0 Å². The first-order chi connectivity index (χ1) is 8.29. The maximum atomic E-state index is 4.42.